The first-order valence-electron chi connectivity index (χ1n) is 11.4. The largest absolute Gasteiger partial charge is 0.497 e. The van der Waals surface area contributed by atoms with Crippen molar-refractivity contribution in [1.29, 1.82) is 0 Å². The summed E-state index contributed by atoms with van der Waals surface area (Å²) >= 11 is 0. The molecule has 0 aliphatic carbocycles. The predicted molar refractivity (Wildman–Crippen MR) is 134 cm³/mol. The molecule has 2 rings (SSSR count). The summed E-state index contributed by atoms with van der Waals surface area (Å²) in [4.78, 5) is 27.3. The molecule has 2 amide bonds. The maximum atomic E-state index is 13.3. The highest BCUT2D eigenvalue weighted by molar-refractivity contribution is 7.92. The van der Waals surface area contributed by atoms with Crippen LogP contribution >= 0.6 is 0 Å². The molecule has 8 nitrogen and oxygen atoms in total. The summed E-state index contributed by atoms with van der Waals surface area (Å²) in [5, 5.41) is 2.81. The highest BCUT2D eigenvalue weighted by atomic mass is 32.2. The van der Waals surface area contributed by atoms with Crippen LogP contribution in [-0.2, 0) is 26.2 Å². The number of amides is 2. The third kappa shape index (κ3) is 8.54. The van der Waals surface area contributed by atoms with Crippen molar-refractivity contribution in [3.63, 3.8) is 0 Å². The standard InChI is InChI=1S/C25H34FN3O5S/c1-18(2)27-25(31)19(3)28(17-20-8-10-21(26)11-9-20)24(30)7-6-16-29(35(5,32)33)22-12-14-23(34-4)15-13-22/h8-15,18-19H,6-7,16-17H2,1-5H3,(H,27,31)/t19-/m1/s1. The normalized spacial score (nSPS) is 12.2. The number of nitrogens with one attached hydrogen (secondary N) is 1. The van der Waals surface area contributed by atoms with Crippen LogP contribution < -0.4 is 14.4 Å². The second-order valence-electron chi connectivity index (χ2n) is 8.62. The first-order valence-corrected chi connectivity index (χ1v) is 13.2. The number of carbonyl (C=O) groups is 2. The van der Waals surface area contributed by atoms with Crippen molar-refractivity contribution in [2.75, 3.05) is 24.2 Å². The van der Waals surface area contributed by atoms with Gasteiger partial charge in [-0.05, 0) is 69.2 Å². The molecule has 192 valence electrons. The van der Waals surface area contributed by atoms with E-state index in [-0.39, 0.29) is 43.8 Å². The van der Waals surface area contributed by atoms with E-state index in [0.717, 1.165) is 6.26 Å². The van der Waals surface area contributed by atoms with E-state index in [4.69, 9.17) is 4.74 Å². The molecule has 0 aromatic heterocycles. The minimum atomic E-state index is -3.58. The molecule has 10 heteroatoms. The second-order valence-corrected chi connectivity index (χ2v) is 10.5. The van der Waals surface area contributed by atoms with Crippen LogP contribution in [0.2, 0.25) is 0 Å². The Morgan fingerprint density at radius 1 is 1.03 bits per heavy atom. The van der Waals surface area contributed by atoms with Crippen LogP contribution in [0.1, 0.15) is 39.2 Å². The quantitative estimate of drug-likeness (QED) is 0.476. The molecule has 2 aromatic carbocycles. The van der Waals surface area contributed by atoms with Crippen LogP contribution in [0.25, 0.3) is 0 Å². The van der Waals surface area contributed by atoms with E-state index in [0.29, 0.717) is 17.0 Å². The van der Waals surface area contributed by atoms with Crippen molar-refractivity contribution >= 4 is 27.5 Å². The number of anilines is 1. The van der Waals surface area contributed by atoms with Crippen LogP contribution in [0.3, 0.4) is 0 Å². The van der Waals surface area contributed by atoms with E-state index in [2.05, 4.69) is 5.32 Å². The Morgan fingerprint density at radius 3 is 2.14 bits per heavy atom. The molecule has 0 aliphatic rings. The van der Waals surface area contributed by atoms with E-state index in [9.17, 15) is 22.4 Å². The highest BCUT2D eigenvalue weighted by Crippen LogP contribution is 2.22. The van der Waals surface area contributed by atoms with Crippen LogP contribution in [0.4, 0.5) is 10.1 Å². The molecule has 0 saturated carbocycles. The molecule has 0 bridgehead atoms. The summed E-state index contributed by atoms with van der Waals surface area (Å²) in [6.45, 7) is 5.51. The van der Waals surface area contributed by atoms with Gasteiger partial charge in [0.2, 0.25) is 21.8 Å². The first-order chi connectivity index (χ1) is 16.4. The molecule has 0 saturated heterocycles. The Hall–Kier alpha value is -3.14. The minimum Gasteiger partial charge on any atom is -0.497 e. The number of methoxy groups -OCH3 is 1. The summed E-state index contributed by atoms with van der Waals surface area (Å²) in [5.41, 5.74) is 1.15. The number of halogens is 1. The van der Waals surface area contributed by atoms with Crippen molar-refractivity contribution in [3.8, 4) is 5.75 Å². The summed E-state index contributed by atoms with van der Waals surface area (Å²) in [7, 11) is -2.06. The van der Waals surface area contributed by atoms with Crippen LogP contribution in [0, 0.1) is 5.82 Å². The third-order valence-corrected chi connectivity index (χ3v) is 6.57. The average molecular weight is 508 g/mol. The van der Waals surface area contributed by atoms with E-state index in [1.807, 2.05) is 13.8 Å². The molecule has 0 heterocycles. The lowest BCUT2D eigenvalue weighted by Crippen LogP contribution is -2.49. The fourth-order valence-corrected chi connectivity index (χ4v) is 4.49. The van der Waals surface area contributed by atoms with Crippen molar-refractivity contribution in [2.24, 2.45) is 0 Å². The van der Waals surface area contributed by atoms with Gasteiger partial charge in [0.15, 0.2) is 0 Å². The lowest BCUT2D eigenvalue weighted by Gasteiger charge is -2.30. The van der Waals surface area contributed by atoms with Gasteiger partial charge in [-0.1, -0.05) is 12.1 Å². The SMILES string of the molecule is COc1ccc(N(CCCC(=O)N(Cc2ccc(F)cc2)[C@H](C)C(=O)NC(C)C)S(C)(=O)=O)cc1. The second kappa shape index (κ2) is 12.5. The average Bonchev–Trinajstić information content (AvgIpc) is 2.79. The monoisotopic (exact) mass is 507 g/mol. The van der Waals surface area contributed by atoms with Gasteiger partial charge in [-0.15, -0.1) is 0 Å². The number of sulfonamides is 1. The molecule has 1 N–H and O–H groups in total. The summed E-state index contributed by atoms with van der Waals surface area (Å²) in [6, 6.07) is 11.5. The highest BCUT2D eigenvalue weighted by Gasteiger charge is 2.27. The molecule has 0 spiro atoms. The third-order valence-electron chi connectivity index (χ3n) is 5.38. The minimum absolute atomic E-state index is 0.0304. The topological polar surface area (TPSA) is 96.0 Å². The number of hydrogen-bond donors (Lipinski definition) is 1. The van der Waals surface area contributed by atoms with Crippen molar-refractivity contribution in [3.05, 3.63) is 59.9 Å². The van der Waals surface area contributed by atoms with E-state index in [1.54, 1.807) is 43.3 Å². The zero-order chi connectivity index (χ0) is 26.2. The molecule has 2 aromatic rings. The van der Waals surface area contributed by atoms with Crippen molar-refractivity contribution in [1.82, 2.24) is 10.2 Å². The Balaban J connectivity index is 2.15. The van der Waals surface area contributed by atoms with Crippen LogP contribution in [0.5, 0.6) is 5.75 Å². The Bertz CT molecular complexity index is 1090. The maximum Gasteiger partial charge on any atom is 0.242 e. The number of benzene rings is 2. The Kier molecular flexibility index (Phi) is 10.1. The number of carbonyl (C=O) groups excluding carboxylic acids is 2. The van der Waals surface area contributed by atoms with Gasteiger partial charge in [-0.2, -0.15) is 0 Å². The van der Waals surface area contributed by atoms with Gasteiger partial charge in [0.1, 0.15) is 17.6 Å². The molecular weight excluding hydrogens is 473 g/mol. The molecule has 0 unspecified atom stereocenters. The molecule has 35 heavy (non-hydrogen) atoms. The van der Waals surface area contributed by atoms with E-state index in [1.165, 1.54) is 28.4 Å². The van der Waals surface area contributed by atoms with E-state index >= 15 is 0 Å². The lowest BCUT2D eigenvalue weighted by molar-refractivity contribution is -0.140. The number of ether oxygens (including phenoxy) is 1. The van der Waals surface area contributed by atoms with Gasteiger partial charge >= 0.3 is 0 Å². The lowest BCUT2D eigenvalue weighted by atomic mass is 10.1. The molecular formula is C25H34FN3O5S. The number of rotatable bonds is 12. The molecule has 0 radical (unpaired) electrons. The summed E-state index contributed by atoms with van der Waals surface area (Å²) in [5.74, 6) is -0.394. The number of nitrogens with zero attached hydrogens (tertiary/aromatic N) is 2. The maximum absolute atomic E-state index is 13.3. The summed E-state index contributed by atoms with van der Waals surface area (Å²) in [6.07, 6.45) is 1.39. The first kappa shape index (κ1) is 28.1. The zero-order valence-corrected chi connectivity index (χ0v) is 21.6. The fraction of sp³-hybridized carbons (Fsp3) is 0.440. The van der Waals surface area contributed by atoms with Crippen LogP contribution in [-0.4, -0.2) is 57.1 Å². The van der Waals surface area contributed by atoms with Crippen molar-refractivity contribution < 1.29 is 27.1 Å². The van der Waals surface area contributed by atoms with Gasteiger partial charge < -0.3 is 15.0 Å². The fourth-order valence-electron chi connectivity index (χ4n) is 3.53. The van der Waals surface area contributed by atoms with Crippen molar-refractivity contribution in [2.45, 2.75) is 52.2 Å². The number of hydrogen-bond acceptors (Lipinski definition) is 5. The van der Waals surface area contributed by atoms with E-state index < -0.39 is 21.9 Å². The molecule has 1 atom stereocenters. The zero-order valence-electron chi connectivity index (χ0n) is 20.8. The Morgan fingerprint density at radius 2 is 1.63 bits per heavy atom. The molecule has 0 aliphatic heterocycles. The van der Waals surface area contributed by atoms with Gasteiger partial charge in [0.25, 0.3) is 0 Å². The van der Waals surface area contributed by atoms with Gasteiger partial charge in [0, 0.05) is 25.6 Å². The molecule has 0 fully saturated rings. The Labute approximate surface area is 207 Å². The van der Waals surface area contributed by atoms with Gasteiger partial charge in [-0.25, -0.2) is 12.8 Å². The smallest absolute Gasteiger partial charge is 0.242 e. The predicted octanol–water partition coefficient (Wildman–Crippen LogP) is 3.32. The van der Waals surface area contributed by atoms with Gasteiger partial charge in [-0.3, -0.25) is 13.9 Å². The van der Waals surface area contributed by atoms with Crippen LogP contribution in [0.15, 0.2) is 48.5 Å². The summed E-state index contributed by atoms with van der Waals surface area (Å²) < 4.78 is 44.4. The van der Waals surface area contributed by atoms with Gasteiger partial charge in [0.05, 0.1) is 19.1 Å².